The molecule has 0 spiro atoms. The monoisotopic (exact) mass is 408 g/mol. The van der Waals surface area contributed by atoms with Crippen molar-refractivity contribution in [1.29, 1.82) is 0 Å². The molecular weight excluding hydrogens is 380 g/mol. The summed E-state index contributed by atoms with van der Waals surface area (Å²) in [6.45, 7) is 3.74. The molecule has 1 unspecified atom stereocenters. The summed E-state index contributed by atoms with van der Waals surface area (Å²) in [6, 6.07) is 14.4. The van der Waals surface area contributed by atoms with E-state index in [4.69, 9.17) is 4.74 Å². The lowest BCUT2D eigenvalue weighted by molar-refractivity contribution is -0.130. The van der Waals surface area contributed by atoms with Crippen LogP contribution in [0.25, 0.3) is 0 Å². The van der Waals surface area contributed by atoms with Gasteiger partial charge in [-0.15, -0.1) is 0 Å². The smallest absolute Gasteiger partial charge is 0.290 e. The third-order valence-corrected chi connectivity index (χ3v) is 5.35. The van der Waals surface area contributed by atoms with Crippen molar-refractivity contribution in [2.75, 3.05) is 26.1 Å². The highest BCUT2D eigenvalue weighted by atomic mass is 16.5. The number of ether oxygens (including phenoxy) is 1. The number of hydrogen-bond donors (Lipinski definition) is 1. The number of anilines is 1. The zero-order chi connectivity index (χ0) is 22.0. The van der Waals surface area contributed by atoms with E-state index < -0.39 is 17.7 Å². The molecular formula is C24H28N2O4. The Bertz CT molecular complexity index is 977. The average Bonchev–Trinajstić information content (AvgIpc) is 2.98. The Labute approximate surface area is 177 Å². The Kier molecular flexibility index (Phi) is 6.15. The van der Waals surface area contributed by atoms with Crippen LogP contribution in [0.2, 0.25) is 0 Å². The Morgan fingerprint density at radius 1 is 1.13 bits per heavy atom. The van der Waals surface area contributed by atoms with Gasteiger partial charge in [-0.1, -0.05) is 44.2 Å². The summed E-state index contributed by atoms with van der Waals surface area (Å²) in [5.74, 6) is -0.943. The highest BCUT2D eigenvalue weighted by Crippen LogP contribution is 2.40. The van der Waals surface area contributed by atoms with Gasteiger partial charge in [0.15, 0.2) is 11.5 Å². The number of benzene rings is 2. The van der Waals surface area contributed by atoms with Gasteiger partial charge >= 0.3 is 0 Å². The van der Waals surface area contributed by atoms with Crippen LogP contribution < -0.4 is 9.64 Å². The van der Waals surface area contributed by atoms with E-state index in [0.29, 0.717) is 5.75 Å². The van der Waals surface area contributed by atoms with E-state index in [9.17, 15) is 14.7 Å². The number of rotatable bonds is 7. The molecule has 0 saturated heterocycles. The van der Waals surface area contributed by atoms with Gasteiger partial charge in [-0.05, 0) is 23.8 Å². The first-order chi connectivity index (χ1) is 14.3. The summed E-state index contributed by atoms with van der Waals surface area (Å²) in [5, 5.41) is 10.7. The number of methoxy groups -OCH3 is 1. The molecule has 6 heteroatoms. The van der Waals surface area contributed by atoms with Gasteiger partial charge in [0.05, 0.1) is 25.3 Å². The molecule has 0 aromatic heterocycles. The second-order valence-corrected chi connectivity index (χ2v) is 7.91. The molecule has 1 N–H and O–H groups in total. The zero-order valence-electron chi connectivity index (χ0n) is 18.0. The third kappa shape index (κ3) is 3.90. The molecule has 0 saturated carbocycles. The summed E-state index contributed by atoms with van der Waals surface area (Å²) in [5.41, 5.74) is 2.73. The van der Waals surface area contributed by atoms with Gasteiger partial charge in [-0.25, -0.2) is 0 Å². The van der Waals surface area contributed by atoms with Crippen LogP contribution in [0.15, 0.2) is 59.9 Å². The van der Waals surface area contributed by atoms with Crippen molar-refractivity contribution in [2.45, 2.75) is 26.4 Å². The summed E-state index contributed by atoms with van der Waals surface area (Å²) in [7, 11) is 5.47. The van der Waals surface area contributed by atoms with E-state index in [-0.39, 0.29) is 23.8 Å². The van der Waals surface area contributed by atoms with E-state index in [1.54, 1.807) is 21.0 Å². The SMILES string of the molecule is COc1ccccc1CN1C(=O)C(O)=C(C(=O)C(C)C)C1c1ccc(N(C)C)cc1. The number of aliphatic hydroxyl groups is 1. The minimum absolute atomic E-state index is 0.155. The number of carbonyl (C=O) groups excluding carboxylic acids is 2. The van der Waals surface area contributed by atoms with Crippen LogP contribution in [0, 0.1) is 5.92 Å². The lowest BCUT2D eigenvalue weighted by Gasteiger charge is -2.28. The van der Waals surface area contributed by atoms with E-state index in [2.05, 4.69) is 0 Å². The van der Waals surface area contributed by atoms with Crippen molar-refractivity contribution in [2.24, 2.45) is 5.92 Å². The molecule has 2 aromatic carbocycles. The van der Waals surface area contributed by atoms with Gasteiger partial charge in [0.1, 0.15) is 5.75 Å². The summed E-state index contributed by atoms with van der Waals surface area (Å²) in [6.07, 6.45) is 0. The molecule has 1 amide bonds. The molecule has 3 rings (SSSR count). The minimum atomic E-state index is -0.659. The fourth-order valence-corrected chi connectivity index (χ4v) is 3.70. The van der Waals surface area contributed by atoms with Crippen molar-refractivity contribution >= 4 is 17.4 Å². The molecule has 30 heavy (non-hydrogen) atoms. The van der Waals surface area contributed by atoms with Crippen molar-refractivity contribution in [3.8, 4) is 5.75 Å². The quantitative estimate of drug-likeness (QED) is 0.753. The van der Waals surface area contributed by atoms with Crippen LogP contribution >= 0.6 is 0 Å². The van der Waals surface area contributed by atoms with Gasteiger partial charge < -0.3 is 19.6 Å². The number of amides is 1. The highest BCUT2D eigenvalue weighted by Gasteiger charge is 2.44. The fourth-order valence-electron chi connectivity index (χ4n) is 3.70. The largest absolute Gasteiger partial charge is 0.503 e. The number of ketones is 1. The van der Waals surface area contributed by atoms with Crippen molar-refractivity contribution < 1.29 is 19.4 Å². The zero-order valence-corrected chi connectivity index (χ0v) is 18.0. The van der Waals surface area contributed by atoms with E-state index in [1.807, 2.05) is 67.5 Å². The average molecular weight is 408 g/mol. The highest BCUT2D eigenvalue weighted by molar-refractivity contribution is 6.09. The van der Waals surface area contributed by atoms with Gasteiger partial charge in [0.25, 0.3) is 5.91 Å². The van der Waals surface area contributed by atoms with Crippen LogP contribution in [0.3, 0.4) is 0 Å². The van der Waals surface area contributed by atoms with Crippen LogP contribution in [-0.4, -0.2) is 42.9 Å². The van der Waals surface area contributed by atoms with E-state index in [0.717, 1.165) is 16.8 Å². The Morgan fingerprint density at radius 2 is 1.77 bits per heavy atom. The van der Waals surface area contributed by atoms with Gasteiger partial charge in [0.2, 0.25) is 0 Å². The minimum Gasteiger partial charge on any atom is -0.503 e. The van der Waals surface area contributed by atoms with Crippen LogP contribution in [0.1, 0.15) is 31.0 Å². The maximum Gasteiger partial charge on any atom is 0.290 e. The third-order valence-electron chi connectivity index (χ3n) is 5.35. The first-order valence-electron chi connectivity index (χ1n) is 9.93. The second-order valence-electron chi connectivity index (χ2n) is 7.91. The van der Waals surface area contributed by atoms with Crippen LogP contribution in [0.4, 0.5) is 5.69 Å². The molecule has 0 radical (unpaired) electrons. The molecule has 0 aliphatic carbocycles. The predicted molar refractivity (Wildman–Crippen MR) is 117 cm³/mol. The second kappa shape index (κ2) is 8.61. The maximum atomic E-state index is 13.0. The first kappa shape index (κ1) is 21.4. The predicted octanol–water partition coefficient (Wildman–Crippen LogP) is 3.88. The molecule has 0 bridgehead atoms. The lowest BCUT2D eigenvalue weighted by atomic mass is 9.91. The standard InChI is InChI=1S/C24H28N2O4/c1-15(2)22(27)20-21(16-10-12-18(13-11-16)25(3)4)26(24(29)23(20)28)14-17-8-6-7-9-19(17)30-5/h6-13,15,21,28H,14H2,1-5H3. The number of Topliss-reactive ketones (excluding diaryl/α,β-unsaturated/α-hetero) is 1. The van der Waals surface area contributed by atoms with E-state index >= 15 is 0 Å². The Balaban J connectivity index is 2.08. The van der Waals surface area contributed by atoms with Crippen molar-refractivity contribution in [3.63, 3.8) is 0 Å². The van der Waals surface area contributed by atoms with Gasteiger partial charge in [0, 0.05) is 31.3 Å². The van der Waals surface area contributed by atoms with Crippen LogP contribution in [-0.2, 0) is 16.1 Å². The number of nitrogens with zero attached hydrogens (tertiary/aromatic N) is 2. The number of hydrogen-bond acceptors (Lipinski definition) is 5. The fraction of sp³-hybridized carbons (Fsp3) is 0.333. The molecule has 1 aliphatic heterocycles. The molecule has 1 atom stereocenters. The molecule has 2 aromatic rings. The normalized spacial score (nSPS) is 16.4. The van der Waals surface area contributed by atoms with Gasteiger partial charge in [-0.3, -0.25) is 9.59 Å². The molecule has 0 fully saturated rings. The van der Waals surface area contributed by atoms with E-state index in [1.165, 1.54) is 4.90 Å². The Hall–Kier alpha value is -3.28. The Morgan fingerprint density at radius 3 is 2.33 bits per heavy atom. The summed E-state index contributed by atoms with van der Waals surface area (Å²) < 4.78 is 5.43. The molecule has 6 nitrogen and oxygen atoms in total. The number of carbonyl (C=O) groups is 2. The lowest BCUT2D eigenvalue weighted by Crippen LogP contribution is -2.31. The first-order valence-corrected chi connectivity index (χ1v) is 9.93. The van der Waals surface area contributed by atoms with Crippen LogP contribution in [0.5, 0.6) is 5.75 Å². The molecule has 1 heterocycles. The molecule has 158 valence electrons. The molecule has 1 aliphatic rings. The number of aliphatic hydroxyl groups excluding tert-OH is 1. The maximum absolute atomic E-state index is 13.0. The topological polar surface area (TPSA) is 70.1 Å². The summed E-state index contributed by atoms with van der Waals surface area (Å²) in [4.78, 5) is 29.5. The van der Waals surface area contributed by atoms with Crippen molar-refractivity contribution in [3.05, 3.63) is 71.0 Å². The van der Waals surface area contributed by atoms with Crippen molar-refractivity contribution in [1.82, 2.24) is 4.90 Å². The summed E-state index contributed by atoms with van der Waals surface area (Å²) >= 11 is 0. The van der Waals surface area contributed by atoms with Gasteiger partial charge in [-0.2, -0.15) is 0 Å². The number of para-hydroxylation sites is 1.